The number of benzene rings is 2. The summed E-state index contributed by atoms with van der Waals surface area (Å²) in [5, 5.41) is 3.13. The van der Waals surface area contributed by atoms with Crippen molar-refractivity contribution < 1.29 is 9.59 Å². The SMILES string of the molecule is CC(C)CC(NC(=O)CCC(=O)N1CCSc2ccccc21)c1ccccc1. The van der Waals surface area contributed by atoms with E-state index in [4.69, 9.17) is 0 Å². The minimum atomic E-state index is -0.0671. The normalized spacial score (nSPS) is 14.5. The van der Waals surface area contributed by atoms with E-state index >= 15 is 0 Å². The van der Waals surface area contributed by atoms with E-state index in [1.807, 2.05) is 59.5 Å². The molecule has 0 bridgehead atoms. The van der Waals surface area contributed by atoms with Crippen LogP contribution in [0.4, 0.5) is 5.69 Å². The van der Waals surface area contributed by atoms with Crippen LogP contribution in [-0.4, -0.2) is 24.1 Å². The first-order valence-electron chi connectivity index (χ1n) is 9.91. The van der Waals surface area contributed by atoms with Crippen molar-refractivity contribution in [2.75, 3.05) is 17.2 Å². The fourth-order valence-electron chi connectivity index (χ4n) is 3.49. The molecule has 2 aromatic rings. The maximum absolute atomic E-state index is 12.7. The Morgan fingerprint density at radius 3 is 2.50 bits per heavy atom. The van der Waals surface area contributed by atoms with Crippen molar-refractivity contribution in [1.29, 1.82) is 0 Å². The summed E-state index contributed by atoms with van der Waals surface area (Å²) in [5.74, 6) is 1.31. The summed E-state index contributed by atoms with van der Waals surface area (Å²) in [6.07, 6.45) is 1.32. The lowest BCUT2D eigenvalue weighted by atomic mass is 9.97. The quantitative estimate of drug-likeness (QED) is 0.731. The van der Waals surface area contributed by atoms with Crippen LogP contribution in [0.25, 0.3) is 0 Å². The summed E-state index contributed by atoms with van der Waals surface area (Å²) >= 11 is 1.77. The average Bonchev–Trinajstić information content (AvgIpc) is 2.71. The highest BCUT2D eigenvalue weighted by Gasteiger charge is 2.23. The van der Waals surface area contributed by atoms with Crippen LogP contribution in [0.1, 0.15) is 44.7 Å². The predicted molar refractivity (Wildman–Crippen MR) is 116 cm³/mol. The van der Waals surface area contributed by atoms with Crippen LogP contribution in [0.5, 0.6) is 0 Å². The number of nitrogens with one attached hydrogen (secondary N) is 1. The summed E-state index contributed by atoms with van der Waals surface area (Å²) in [4.78, 5) is 28.2. The first-order chi connectivity index (χ1) is 13.5. The van der Waals surface area contributed by atoms with E-state index < -0.39 is 0 Å². The number of anilines is 1. The largest absolute Gasteiger partial charge is 0.349 e. The van der Waals surface area contributed by atoms with Gasteiger partial charge in [0.05, 0.1) is 11.7 Å². The highest BCUT2D eigenvalue weighted by Crippen LogP contribution is 2.34. The number of para-hydroxylation sites is 1. The summed E-state index contributed by atoms with van der Waals surface area (Å²) in [6.45, 7) is 5.00. The Morgan fingerprint density at radius 2 is 1.75 bits per heavy atom. The third-order valence-electron chi connectivity index (χ3n) is 4.84. The topological polar surface area (TPSA) is 49.4 Å². The van der Waals surface area contributed by atoms with Gasteiger partial charge in [-0.25, -0.2) is 0 Å². The fraction of sp³-hybridized carbons (Fsp3) is 0.391. The molecule has 2 aromatic carbocycles. The molecule has 1 aliphatic rings. The Balaban J connectivity index is 1.58. The molecular weight excluding hydrogens is 368 g/mol. The Hall–Kier alpha value is -2.27. The number of thioether (sulfide) groups is 1. The Morgan fingerprint density at radius 1 is 1.04 bits per heavy atom. The molecule has 2 amide bonds. The molecule has 0 aliphatic carbocycles. The lowest BCUT2D eigenvalue weighted by Crippen LogP contribution is -2.36. The third-order valence-corrected chi connectivity index (χ3v) is 5.88. The second kappa shape index (κ2) is 9.78. The Labute approximate surface area is 171 Å². The number of hydrogen-bond donors (Lipinski definition) is 1. The van der Waals surface area contributed by atoms with Gasteiger partial charge in [0.2, 0.25) is 11.8 Å². The van der Waals surface area contributed by atoms with Crippen LogP contribution in [0.3, 0.4) is 0 Å². The van der Waals surface area contributed by atoms with E-state index in [9.17, 15) is 9.59 Å². The minimum absolute atomic E-state index is 0.0167. The first kappa shape index (κ1) is 20.5. The van der Waals surface area contributed by atoms with Crippen molar-refractivity contribution in [2.45, 2.75) is 44.0 Å². The van der Waals surface area contributed by atoms with Gasteiger partial charge >= 0.3 is 0 Å². The number of carbonyl (C=O) groups is 2. The molecule has 1 unspecified atom stereocenters. The van der Waals surface area contributed by atoms with Crippen LogP contribution in [0.15, 0.2) is 59.5 Å². The molecule has 5 heteroatoms. The molecule has 28 heavy (non-hydrogen) atoms. The zero-order chi connectivity index (χ0) is 19.9. The second-order valence-electron chi connectivity index (χ2n) is 7.52. The number of carbonyl (C=O) groups excluding carboxylic acids is 2. The maximum atomic E-state index is 12.7. The zero-order valence-corrected chi connectivity index (χ0v) is 17.4. The van der Waals surface area contributed by atoms with Crippen LogP contribution < -0.4 is 10.2 Å². The predicted octanol–water partition coefficient (Wildman–Crippen LogP) is 4.81. The van der Waals surface area contributed by atoms with Gasteiger partial charge in [-0.3, -0.25) is 9.59 Å². The zero-order valence-electron chi connectivity index (χ0n) is 16.6. The summed E-state index contributed by atoms with van der Waals surface area (Å²) in [7, 11) is 0. The Kier molecular flexibility index (Phi) is 7.15. The minimum Gasteiger partial charge on any atom is -0.349 e. The van der Waals surface area contributed by atoms with Crippen molar-refractivity contribution in [1.82, 2.24) is 5.32 Å². The van der Waals surface area contributed by atoms with E-state index in [-0.39, 0.29) is 30.7 Å². The number of hydrogen-bond acceptors (Lipinski definition) is 3. The van der Waals surface area contributed by atoms with E-state index in [2.05, 4.69) is 19.2 Å². The van der Waals surface area contributed by atoms with Crippen LogP contribution in [0.2, 0.25) is 0 Å². The van der Waals surface area contributed by atoms with E-state index in [0.717, 1.165) is 28.3 Å². The Bertz CT molecular complexity index is 807. The molecule has 1 N–H and O–H groups in total. The molecule has 148 valence electrons. The van der Waals surface area contributed by atoms with Crippen molar-refractivity contribution in [3.63, 3.8) is 0 Å². The van der Waals surface area contributed by atoms with Gasteiger partial charge < -0.3 is 10.2 Å². The number of rotatable bonds is 7. The molecule has 0 radical (unpaired) electrons. The first-order valence-corrected chi connectivity index (χ1v) is 10.9. The fourth-order valence-corrected chi connectivity index (χ4v) is 4.48. The van der Waals surface area contributed by atoms with Gasteiger partial charge in [-0.1, -0.05) is 56.3 Å². The van der Waals surface area contributed by atoms with Crippen molar-refractivity contribution in [2.24, 2.45) is 5.92 Å². The molecular formula is C23H28N2O2S. The smallest absolute Gasteiger partial charge is 0.227 e. The summed E-state index contributed by atoms with van der Waals surface area (Å²) < 4.78 is 0. The molecule has 1 aliphatic heterocycles. The highest BCUT2D eigenvalue weighted by molar-refractivity contribution is 7.99. The van der Waals surface area contributed by atoms with Gasteiger partial charge in [0, 0.05) is 30.0 Å². The summed E-state index contributed by atoms with van der Waals surface area (Å²) in [5.41, 5.74) is 2.07. The van der Waals surface area contributed by atoms with Gasteiger partial charge in [0.15, 0.2) is 0 Å². The number of nitrogens with zero attached hydrogens (tertiary/aromatic N) is 1. The van der Waals surface area contributed by atoms with E-state index in [1.165, 1.54) is 0 Å². The molecule has 0 saturated carbocycles. The second-order valence-corrected chi connectivity index (χ2v) is 8.66. The van der Waals surface area contributed by atoms with Gasteiger partial charge in [0.25, 0.3) is 0 Å². The molecule has 0 spiro atoms. The standard InChI is InChI=1S/C23H28N2O2S/c1-17(2)16-19(18-8-4-3-5-9-18)24-22(26)12-13-23(27)25-14-15-28-21-11-7-6-10-20(21)25/h3-11,17,19H,12-16H2,1-2H3,(H,24,26). The lowest BCUT2D eigenvalue weighted by Gasteiger charge is -2.29. The van der Waals surface area contributed by atoms with Crippen molar-refractivity contribution in [3.05, 3.63) is 60.2 Å². The van der Waals surface area contributed by atoms with Crippen LogP contribution in [-0.2, 0) is 9.59 Å². The molecule has 1 heterocycles. The summed E-state index contributed by atoms with van der Waals surface area (Å²) in [6, 6.07) is 18.0. The molecule has 0 saturated heterocycles. The highest BCUT2D eigenvalue weighted by atomic mass is 32.2. The van der Waals surface area contributed by atoms with Gasteiger partial charge in [-0.15, -0.1) is 11.8 Å². The number of amides is 2. The van der Waals surface area contributed by atoms with E-state index in [1.54, 1.807) is 11.8 Å². The average molecular weight is 397 g/mol. The van der Waals surface area contributed by atoms with Gasteiger partial charge in [-0.05, 0) is 30.0 Å². The van der Waals surface area contributed by atoms with Gasteiger partial charge in [-0.2, -0.15) is 0 Å². The molecule has 1 atom stereocenters. The molecule has 0 fully saturated rings. The van der Waals surface area contributed by atoms with Crippen molar-refractivity contribution in [3.8, 4) is 0 Å². The molecule has 3 rings (SSSR count). The van der Waals surface area contributed by atoms with Gasteiger partial charge in [0.1, 0.15) is 0 Å². The van der Waals surface area contributed by atoms with Crippen molar-refractivity contribution >= 4 is 29.3 Å². The lowest BCUT2D eigenvalue weighted by molar-refractivity contribution is -0.125. The van der Waals surface area contributed by atoms with E-state index in [0.29, 0.717) is 12.5 Å². The monoisotopic (exact) mass is 396 g/mol. The number of fused-ring (bicyclic) bond motifs is 1. The van der Waals surface area contributed by atoms with Crippen LogP contribution >= 0.6 is 11.8 Å². The third kappa shape index (κ3) is 5.38. The maximum Gasteiger partial charge on any atom is 0.227 e. The molecule has 4 nitrogen and oxygen atoms in total. The van der Waals surface area contributed by atoms with Crippen LogP contribution in [0, 0.1) is 5.92 Å². The molecule has 0 aromatic heterocycles.